The number of likely N-dealkylation sites (N-methyl/N-ethyl adjacent to an activating group) is 1. The second-order valence-electron chi connectivity index (χ2n) is 9.35. The van der Waals surface area contributed by atoms with Gasteiger partial charge in [-0.2, -0.15) is 0 Å². The summed E-state index contributed by atoms with van der Waals surface area (Å²) in [6, 6.07) is 18.9. The molecule has 37 heavy (non-hydrogen) atoms. The average Bonchev–Trinajstić information content (AvgIpc) is 2.87. The molecule has 0 saturated heterocycles. The van der Waals surface area contributed by atoms with Gasteiger partial charge in [0.2, 0.25) is 11.8 Å². The van der Waals surface area contributed by atoms with Gasteiger partial charge in [-0.3, -0.25) is 13.9 Å². The summed E-state index contributed by atoms with van der Waals surface area (Å²) in [4.78, 5) is 28.0. The Bertz CT molecular complexity index is 1380. The van der Waals surface area contributed by atoms with Crippen molar-refractivity contribution in [1.29, 1.82) is 0 Å². The Labute approximate surface area is 220 Å². The number of anilines is 1. The van der Waals surface area contributed by atoms with Crippen molar-refractivity contribution in [1.82, 2.24) is 10.2 Å². The summed E-state index contributed by atoms with van der Waals surface area (Å²) < 4.78 is 29.0. The topological polar surface area (TPSA) is 86.8 Å². The Morgan fingerprint density at radius 3 is 2.11 bits per heavy atom. The van der Waals surface area contributed by atoms with E-state index < -0.39 is 28.5 Å². The second kappa shape index (κ2) is 11.6. The van der Waals surface area contributed by atoms with E-state index in [0.717, 1.165) is 32.1 Å². The highest BCUT2D eigenvalue weighted by Gasteiger charge is 2.33. The highest BCUT2D eigenvalue weighted by Crippen LogP contribution is 2.29. The van der Waals surface area contributed by atoms with Crippen molar-refractivity contribution in [2.75, 3.05) is 17.9 Å². The average molecular weight is 522 g/mol. The van der Waals surface area contributed by atoms with E-state index in [2.05, 4.69) is 5.32 Å². The quantitative estimate of drug-likeness (QED) is 0.455. The van der Waals surface area contributed by atoms with Crippen LogP contribution < -0.4 is 9.62 Å². The third-order valence-electron chi connectivity index (χ3n) is 6.54. The molecule has 0 aromatic heterocycles. The number of nitrogens with zero attached hydrogens (tertiary/aromatic N) is 2. The SMILES string of the molecule is CNC(=O)[C@@H](C)N(Cc1ccccc1C)C(=O)CN(c1cc(C)ccc1C)S(=O)(=O)c1ccc(C)cc1. The van der Waals surface area contributed by atoms with Crippen LogP contribution in [0.15, 0.2) is 71.6 Å². The van der Waals surface area contributed by atoms with Gasteiger partial charge < -0.3 is 10.2 Å². The molecule has 1 atom stereocenters. The van der Waals surface area contributed by atoms with E-state index in [1.807, 2.05) is 64.1 Å². The summed E-state index contributed by atoms with van der Waals surface area (Å²) in [5.41, 5.74) is 4.80. The predicted molar refractivity (Wildman–Crippen MR) is 147 cm³/mol. The van der Waals surface area contributed by atoms with Crippen molar-refractivity contribution in [3.8, 4) is 0 Å². The third-order valence-corrected chi connectivity index (χ3v) is 8.31. The molecule has 0 saturated carbocycles. The van der Waals surface area contributed by atoms with Crippen LogP contribution in [0.5, 0.6) is 0 Å². The van der Waals surface area contributed by atoms with Crippen molar-refractivity contribution < 1.29 is 18.0 Å². The van der Waals surface area contributed by atoms with E-state index in [1.165, 1.54) is 11.9 Å². The molecular weight excluding hydrogens is 486 g/mol. The van der Waals surface area contributed by atoms with Crippen LogP contribution in [0.1, 0.15) is 34.7 Å². The van der Waals surface area contributed by atoms with Gasteiger partial charge in [0.05, 0.1) is 10.6 Å². The van der Waals surface area contributed by atoms with Crippen LogP contribution in [0.4, 0.5) is 5.69 Å². The van der Waals surface area contributed by atoms with Crippen molar-refractivity contribution in [2.24, 2.45) is 0 Å². The van der Waals surface area contributed by atoms with E-state index in [4.69, 9.17) is 0 Å². The number of carbonyl (C=O) groups excluding carboxylic acids is 2. The normalized spacial score (nSPS) is 12.1. The van der Waals surface area contributed by atoms with Crippen molar-refractivity contribution in [3.05, 3.63) is 94.5 Å². The van der Waals surface area contributed by atoms with Gasteiger partial charge in [0, 0.05) is 13.6 Å². The lowest BCUT2D eigenvalue weighted by molar-refractivity contribution is -0.139. The predicted octanol–water partition coefficient (Wildman–Crippen LogP) is 4.28. The van der Waals surface area contributed by atoms with Crippen LogP contribution in [0.2, 0.25) is 0 Å². The van der Waals surface area contributed by atoms with Gasteiger partial charge in [0.25, 0.3) is 10.0 Å². The van der Waals surface area contributed by atoms with E-state index in [1.54, 1.807) is 37.3 Å². The van der Waals surface area contributed by atoms with E-state index in [0.29, 0.717) is 5.69 Å². The van der Waals surface area contributed by atoms with Crippen LogP contribution in [-0.2, 0) is 26.2 Å². The van der Waals surface area contributed by atoms with Gasteiger partial charge >= 0.3 is 0 Å². The molecule has 0 aliphatic carbocycles. The lowest BCUT2D eigenvalue weighted by Gasteiger charge is -2.32. The van der Waals surface area contributed by atoms with E-state index in [-0.39, 0.29) is 17.3 Å². The molecule has 0 heterocycles. The molecule has 0 spiro atoms. The number of benzene rings is 3. The Morgan fingerprint density at radius 2 is 1.49 bits per heavy atom. The fourth-order valence-electron chi connectivity index (χ4n) is 4.10. The van der Waals surface area contributed by atoms with Gasteiger partial charge in [0.1, 0.15) is 12.6 Å². The number of carbonyl (C=O) groups is 2. The third kappa shape index (κ3) is 6.38. The highest BCUT2D eigenvalue weighted by atomic mass is 32.2. The Morgan fingerprint density at radius 1 is 0.865 bits per heavy atom. The van der Waals surface area contributed by atoms with Gasteiger partial charge in [-0.15, -0.1) is 0 Å². The summed E-state index contributed by atoms with van der Waals surface area (Å²) in [6.45, 7) is 8.87. The van der Waals surface area contributed by atoms with Crippen LogP contribution in [0.3, 0.4) is 0 Å². The summed E-state index contributed by atoms with van der Waals surface area (Å²) >= 11 is 0. The molecule has 3 aromatic rings. The molecular formula is C29H35N3O4S. The van der Waals surface area contributed by atoms with Gasteiger partial charge in [0.15, 0.2) is 0 Å². The number of hydrogen-bond donors (Lipinski definition) is 1. The molecule has 8 heteroatoms. The molecule has 0 bridgehead atoms. The van der Waals surface area contributed by atoms with Gasteiger partial charge in [-0.1, -0.05) is 54.1 Å². The van der Waals surface area contributed by atoms with Crippen LogP contribution in [0, 0.1) is 27.7 Å². The monoisotopic (exact) mass is 521 g/mol. The molecule has 3 aromatic carbocycles. The highest BCUT2D eigenvalue weighted by molar-refractivity contribution is 7.92. The molecule has 1 N–H and O–H groups in total. The molecule has 0 fully saturated rings. The molecule has 0 unspecified atom stereocenters. The lowest BCUT2D eigenvalue weighted by atomic mass is 10.1. The largest absolute Gasteiger partial charge is 0.357 e. The molecule has 7 nitrogen and oxygen atoms in total. The first-order valence-electron chi connectivity index (χ1n) is 12.2. The number of amides is 2. The number of rotatable bonds is 9. The first kappa shape index (κ1) is 27.9. The van der Waals surface area contributed by atoms with Crippen molar-refractivity contribution >= 4 is 27.5 Å². The number of hydrogen-bond acceptors (Lipinski definition) is 4. The molecule has 3 rings (SSSR count). The fourth-order valence-corrected chi connectivity index (χ4v) is 5.57. The minimum Gasteiger partial charge on any atom is -0.357 e. The van der Waals surface area contributed by atoms with E-state index >= 15 is 0 Å². The molecule has 0 aliphatic heterocycles. The Kier molecular flexibility index (Phi) is 8.76. The number of nitrogens with one attached hydrogen (secondary N) is 1. The zero-order chi connectivity index (χ0) is 27.3. The maximum Gasteiger partial charge on any atom is 0.264 e. The minimum absolute atomic E-state index is 0.0941. The van der Waals surface area contributed by atoms with Crippen LogP contribution in [0.25, 0.3) is 0 Å². The maximum atomic E-state index is 13.9. The maximum absolute atomic E-state index is 13.9. The number of aryl methyl sites for hydroxylation is 4. The zero-order valence-electron chi connectivity index (χ0n) is 22.3. The smallest absolute Gasteiger partial charge is 0.264 e. The lowest BCUT2D eigenvalue weighted by Crippen LogP contribution is -2.50. The van der Waals surface area contributed by atoms with Crippen LogP contribution >= 0.6 is 0 Å². The molecule has 0 aliphatic rings. The van der Waals surface area contributed by atoms with Crippen LogP contribution in [-0.4, -0.2) is 44.8 Å². The standard InChI is InChI=1S/C29H35N3O4S/c1-20-12-15-26(16-13-20)37(35,36)32(27-17-21(2)11-14-23(27)4)19-28(33)31(24(5)29(34)30-6)18-25-10-8-7-9-22(25)3/h7-17,24H,18-19H2,1-6H3,(H,30,34)/t24-/m1/s1. The number of sulfonamides is 1. The fraction of sp³-hybridized carbons (Fsp3) is 0.310. The molecule has 2 amide bonds. The first-order chi connectivity index (χ1) is 17.4. The van der Waals surface area contributed by atoms with E-state index in [9.17, 15) is 18.0 Å². The summed E-state index contributed by atoms with van der Waals surface area (Å²) in [7, 11) is -2.57. The van der Waals surface area contributed by atoms with Gasteiger partial charge in [-0.25, -0.2) is 8.42 Å². The zero-order valence-corrected chi connectivity index (χ0v) is 23.1. The first-order valence-corrected chi connectivity index (χ1v) is 13.6. The van der Waals surface area contributed by atoms with Crippen molar-refractivity contribution in [3.63, 3.8) is 0 Å². The van der Waals surface area contributed by atoms with Crippen molar-refractivity contribution in [2.45, 2.75) is 52.1 Å². The second-order valence-corrected chi connectivity index (χ2v) is 11.2. The minimum atomic E-state index is -4.09. The summed E-state index contributed by atoms with van der Waals surface area (Å²) in [6.07, 6.45) is 0. The van der Waals surface area contributed by atoms with Gasteiger partial charge in [-0.05, 0) is 75.1 Å². The Balaban J connectivity index is 2.09. The Hall–Kier alpha value is -3.65. The molecule has 0 radical (unpaired) electrons. The summed E-state index contributed by atoms with van der Waals surface area (Å²) in [5, 5.41) is 2.60. The summed E-state index contributed by atoms with van der Waals surface area (Å²) in [5.74, 6) is -0.808. The molecule has 196 valence electrons.